The number of rotatable bonds is 1. The van der Waals surface area contributed by atoms with Crippen LogP contribution in [0.2, 0.25) is 0 Å². The number of hydrogen-bond donors (Lipinski definition) is 0. The van der Waals surface area contributed by atoms with Gasteiger partial charge in [-0.05, 0) is 59.9 Å². The number of aryl methyl sites for hydroxylation is 1. The van der Waals surface area contributed by atoms with E-state index in [0.717, 1.165) is 6.42 Å². The summed E-state index contributed by atoms with van der Waals surface area (Å²) in [5.41, 5.74) is 5.78. The highest BCUT2D eigenvalue weighted by Gasteiger charge is 2.19. The van der Waals surface area contributed by atoms with Crippen molar-refractivity contribution in [3.05, 3.63) is 77.4 Å². The lowest BCUT2D eigenvalue weighted by atomic mass is 9.81. The van der Waals surface area contributed by atoms with E-state index >= 15 is 0 Å². The Labute approximate surface area is 158 Å². The SMILES string of the molecule is CC1=C(c2ccc3ccc4c5ccccc5sc4c3c2C)C(C)CC=C1. The van der Waals surface area contributed by atoms with E-state index in [-0.39, 0.29) is 0 Å². The highest BCUT2D eigenvalue weighted by Crippen LogP contribution is 2.42. The second kappa shape index (κ2) is 5.82. The Hall–Kier alpha value is -2.38. The smallest absolute Gasteiger partial charge is 0.0436 e. The van der Waals surface area contributed by atoms with Crippen LogP contribution in [-0.2, 0) is 0 Å². The minimum Gasteiger partial charge on any atom is -0.135 e. The van der Waals surface area contributed by atoms with Gasteiger partial charge in [0, 0.05) is 25.6 Å². The Morgan fingerprint density at radius 1 is 0.923 bits per heavy atom. The largest absolute Gasteiger partial charge is 0.135 e. The highest BCUT2D eigenvalue weighted by molar-refractivity contribution is 7.26. The van der Waals surface area contributed by atoms with Crippen molar-refractivity contribution in [1.82, 2.24) is 0 Å². The van der Waals surface area contributed by atoms with Gasteiger partial charge >= 0.3 is 0 Å². The van der Waals surface area contributed by atoms with Crippen LogP contribution in [0, 0.1) is 12.8 Å². The predicted octanol–water partition coefficient (Wildman–Crippen LogP) is 7.89. The maximum Gasteiger partial charge on any atom is 0.0436 e. The molecule has 0 bridgehead atoms. The molecule has 1 heterocycles. The lowest BCUT2D eigenvalue weighted by molar-refractivity contribution is 0.751. The molecule has 1 aromatic heterocycles. The molecule has 1 atom stereocenters. The zero-order valence-electron chi connectivity index (χ0n) is 15.5. The van der Waals surface area contributed by atoms with Gasteiger partial charge in [0.1, 0.15) is 0 Å². The summed E-state index contributed by atoms with van der Waals surface area (Å²) in [6, 6.07) is 18.0. The Bertz CT molecular complexity index is 1230. The first kappa shape index (κ1) is 15.8. The van der Waals surface area contributed by atoms with Crippen LogP contribution in [0.15, 0.2) is 66.3 Å². The van der Waals surface area contributed by atoms with Crippen LogP contribution >= 0.6 is 11.3 Å². The maximum absolute atomic E-state index is 2.35. The predicted molar refractivity (Wildman–Crippen MR) is 117 cm³/mol. The molecule has 1 aliphatic rings. The fourth-order valence-corrected chi connectivity index (χ4v) is 5.89. The average Bonchev–Trinajstić information content (AvgIpc) is 3.02. The molecule has 1 unspecified atom stereocenters. The van der Waals surface area contributed by atoms with E-state index < -0.39 is 0 Å². The minimum atomic E-state index is 0.581. The van der Waals surface area contributed by atoms with Crippen molar-refractivity contribution in [2.75, 3.05) is 0 Å². The van der Waals surface area contributed by atoms with E-state index in [1.165, 1.54) is 53.2 Å². The van der Waals surface area contributed by atoms with Crippen LogP contribution in [0.25, 0.3) is 36.5 Å². The summed E-state index contributed by atoms with van der Waals surface area (Å²) in [5, 5.41) is 5.55. The Morgan fingerprint density at radius 2 is 1.73 bits per heavy atom. The van der Waals surface area contributed by atoms with Gasteiger partial charge in [-0.25, -0.2) is 0 Å². The molecule has 1 aliphatic carbocycles. The van der Waals surface area contributed by atoms with Crippen LogP contribution < -0.4 is 0 Å². The van der Waals surface area contributed by atoms with Crippen LogP contribution in [0.4, 0.5) is 0 Å². The molecule has 0 fully saturated rings. The standard InChI is InChI=1S/C25H22S/c1-15-7-6-8-16(2)23(15)19-13-11-18-12-14-21-20-9-4-5-10-22(20)26-25(21)24(18)17(19)3/h4-7,9-14,16H,8H2,1-3H3. The van der Waals surface area contributed by atoms with Crippen molar-refractivity contribution in [3.8, 4) is 0 Å². The molecule has 0 radical (unpaired) electrons. The molecular formula is C25H22S. The van der Waals surface area contributed by atoms with Gasteiger partial charge in [0.25, 0.3) is 0 Å². The summed E-state index contributed by atoms with van der Waals surface area (Å²) < 4.78 is 2.81. The van der Waals surface area contributed by atoms with Crippen molar-refractivity contribution in [2.45, 2.75) is 27.2 Å². The van der Waals surface area contributed by atoms with Gasteiger partial charge in [-0.3, -0.25) is 0 Å². The number of thiophene rings is 1. The third-order valence-corrected chi connectivity index (χ3v) is 7.06. The van der Waals surface area contributed by atoms with Crippen LogP contribution in [0.5, 0.6) is 0 Å². The summed E-state index contributed by atoms with van der Waals surface area (Å²) in [6.45, 7) is 6.92. The summed E-state index contributed by atoms with van der Waals surface area (Å²) in [7, 11) is 0. The summed E-state index contributed by atoms with van der Waals surface area (Å²) in [5.74, 6) is 0.581. The molecule has 0 nitrogen and oxygen atoms in total. The molecule has 0 saturated heterocycles. The van der Waals surface area contributed by atoms with Crippen molar-refractivity contribution >= 4 is 47.9 Å². The van der Waals surface area contributed by atoms with Gasteiger partial charge in [0.15, 0.2) is 0 Å². The van der Waals surface area contributed by atoms with Crippen molar-refractivity contribution < 1.29 is 0 Å². The fourth-order valence-electron chi connectivity index (χ4n) is 4.58. The van der Waals surface area contributed by atoms with Crippen molar-refractivity contribution in [3.63, 3.8) is 0 Å². The van der Waals surface area contributed by atoms with Gasteiger partial charge in [-0.2, -0.15) is 0 Å². The highest BCUT2D eigenvalue weighted by atomic mass is 32.1. The van der Waals surface area contributed by atoms with Gasteiger partial charge < -0.3 is 0 Å². The molecule has 128 valence electrons. The van der Waals surface area contributed by atoms with E-state index in [9.17, 15) is 0 Å². The second-order valence-corrected chi connectivity index (χ2v) is 8.56. The first-order chi connectivity index (χ1) is 12.6. The molecule has 0 amide bonds. The van der Waals surface area contributed by atoms with Crippen LogP contribution in [-0.4, -0.2) is 0 Å². The van der Waals surface area contributed by atoms with Crippen molar-refractivity contribution in [1.29, 1.82) is 0 Å². The number of fused-ring (bicyclic) bond motifs is 5. The molecule has 1 heteroatoms. The van der Waals surface area contributed by atoms with E-state index in [2.05, 4.69) is 81.5 Å². The van der Waals surface area contributed by atoms with E-state index in [0.29, 0.717) is 5.92 Å². The van der Waals surface area contributed by atoms with Crippen LogP contribution in [0.1, 0.15) is 31.4 Å². The number of benzene rings is 3. The normalized spacial score (nSPS) is 17.7. The molecule has 0 N–H and O–H groups in total. The average molecular weight is 355 g/mol. The monoisotopic (exact) mass is 354 g/mol. The lowest BCUT2D eigenvalue weighted by Crippen LogP contribution is -2.05. The summed E-state index contributed by atoms with van der Waals surface area (Å²) in [6.07, 6.45) is 5.74. The topological polar surface area (TPSA) is 0 Å². The minimum absolute atomic E-state index is 0.581. The van der Waals surface area contributed by atoms with Gasteiger partial charge in [-0.1, -0.05) is 61.5 Å². The number of allylic oxidation sites excluding steroid dienone is 4. The lowest BCUT2D eigenvalue weighted by Gasteiger charge is -2.23. The molecule has 5 rings (SSSR count). The molecule has 0 aliphatic heterocycles. The first-order valence-electron chi connectivity index (χ1n) is 9.36. The van der Waals surface area contributed by atoms with Gasteiger partial charge in [0.2, 0.25) is 0 Å². The Kier molecular flexibility index (Phi) is 3.55. The summed E-state index contributed by atoms with van der Waals surface area (Å²) >= 11 is 1.93. The second-order valence-electron chi connectivity index (χ2n) is 7.51. The Balaban J connectivity index is 1.90. The zero-order chi connectivity index (χ0) is 17.8. The molecule has 4 aromatic rings. The van der Waals surface area contributed by atoms with Crippen LogP contribution in [0.3, 0.4) is 0 Å². The van der Waals surface area contributed by atoms with Gasteiger partial charge in [0.05, 0.1) is 0 Å². The summed E-state index contributed by atoms with van der Waals surface area (Å²) in [4.78, 5) is 0. The Morgan fingerprint density at radius 3 is 2.58 bits per heavy atom. The molecule has 26 heavy (non-hydrogen) atoms. The third-order valence-electron chi connectivity index (χ3n) is 5.85. The molecule has 0 saturated carbocycles. The van der Waals surface area contributed by atoms with E-state index in [4.69, 9.17) is 0 Å². The first-order valence-corrected chi connectivity index (χ1v) is 10.2. The quantitative estimate of drug-likeness (QED) is 0.326. The number of hydrogen-bond acceptors (Lipinski definition) is 1. The van der Waals surface area contributed by atoms with E-state index in [1.54, 1.807) is 0 Å². The van der Waals surface area contributed by atoms with Crippen molar-refractivity contribution in [2.24, 2.45) is 5.92 Å². The van der Waals surface area contributed by atoms with E-state index in [1.807, 2.05) is 11.3 Å². The fraction of sp³-hybridized carbons (Fsp3) is 0.200. The van der Waals surface area contributed by atoms with Gasteiger partial charge in [-0.15, -0.1) is 11.3 Å². The molecule has 3 aromatic carbocycles. The zero-order valence-corrected chi connectivity index (χ0v) is 16.3. The maximum atomic E-state index is 2.35. The third kappa shape index (κ3) is 2.20. The molecule has 0 spiro atoms. The molecular weight excluding hydrogens is 332 g/mol.